The summed E-state index contributed by atoms with van der Waals surface area (Å²) in [6, 6.07) is 7.56. The van der Waals surface area contributed by atoms with E-state index in [1.54, 1.807) is 10.6 Å². The summed E-state index contributed by atoms with van der Waals surface area (Å²) in [5.41, 5.74) is 6.66. The number of carbonyl (C=O) groups excluding carboxylic acids is 1. The Hall–Kier alpha value is -2.08. The minimum atomic E-state index is -0.307. The first kappa shape index (κ1) is 13.9. The van der Waals surface area contributed by atoms with E-state index in [2.05, 4.69) is 4.90 Å². The van der Waals surface area contributed by atoms with Crippen LogP contribution >= 0.6 is 0 Å². The molecule has 0 bridgehead atoms. The number of amides is 1. The van der Waals surface area contributed by atoms with Gasteiger partial charge in [0.1, 0.15) is 0 Å². The number of nitrogens with two attached hydrogens (primary N) is 1. The van der Waals surface area contributed by atoms with Crippen molar-refractivity contribution in [3.8, 4) is 0 Å². The number of fused-ring (bicyclic) bond motifs is 1. The minimum Gasteiger partial charge on any atom is -0.408 e. The lowest BCUT2D eigenvalue weighted by Gasteiger charge is -2.32. The zero-order valence-corrected chi connectivity index (χ0v) is 11.8. The summed E-state index contributed by atoms with van der Waals surface area (Å²) in [6.45, 7) is 2.33. The molecule has 1 amide bonds. The van der Waals surface area contributed by atoms with Crippen LogP contribution in [0.1, 0.15) is 25.3 Å². The van der Waals surface area contributed by atoms with Gasteiger partial charge in [-0.05, 0) is 31.5 Å². The van der Waals surface area contributed by atoms with Gasteiger partial charge in [-0.2, -0.15) is 0 Å². The number of para-hydroxylation sites is 2. The normalized spacial score (nSPS) is 19.9. The highest BCUT2D eigenvalue weighted by atomic mass is 16.4. The largest absolute Gasteiger partial charge is 0.420 e. The summed E-state index contributed by atoms with van der Waals surface area (Å²) < 4.78 is 7.04. The Bertz CT molecular complexity index is 703. The fourth-order valence-corrected chi connectivity index (χ4v) is 3.04. The molecule has 112 valence electrons. The fraction of sp³-hybridized carbons (Fsp3) is 0.467. The Labute approximate surface area is 122 Å². The second-order valence-corrected chi connectivity index (χ2v) is 5.52. The van der Waals surface area contributed by atoms with Crippen molar-refractivity contribution in [1.29, 1.82) is 0 Å². The minimum absolute atomic E-state index is 0.0859. The zero-order valence-electron chi connectivity index (χ0n) is 11.8. The monoisotopic (exact) mass is 289 g/mol. The topological polar surface area (TPSA) is 81.5 Å². The molecule has 6 heteroatoms. The third-order valence-corrected chi connectivity index (χ3v) is 4.04. The molecule has 0 radical (unpaired) electrons. The van der Waals surface area contributed by atoms with Crippen molar-refractivity contribution in [2.24, 2.45) is 5.73 Å². The van der Waals surface area contributed by atoms with Gasteiger partial charge < -0.3 is 15.1 Å². The molecule has 0 aliphatic carbocycles. The molecule has 2 heterocycles. The number of piperidine rings is 1. The second-order valence-electron chi connectivity index (χ2n) is 5.52. The van der Waals surface area contributed by atoms with Crippen molar-refractivity contribution in [2.75, 3.05) is 19.6 Å². The lowest BCUT2D eigenvalue weighted by Crippen LogP contribution is -2.40. The highest BCUT2D eigenvalue weighted by Gasteiger charge is 2.25. The molecule has 1 aliphatic rings. The van der Waals surface area contributed by atoms with Crippen molar-refractivity contribution in [3.05, 3.63) is 34.8 Å². The van der Waals surface area contributed by atoms with Crippen LogP contribution in [-0.4, -0.2) is 35.0 Å². The van der Waals surface area contributed by atoms with E-state index in [4.69, 9.17) is 10.2 Å². The van der Waals surface area contributed by atoms with Crippen LogP contribution in [-0.2, 0) is 4.79 Å². The molecule has 0 spiro atoms. The highest BCUT2D eigenvalue weighted by Crippen LogP contribution is 2.24. The van der Waals surface area contributed by atoms with E-state index < -0.39 is 0 Å². The average Bonchev–Trinajstić information content (AvgIpc) is 2.81. The van der Waals surface area contributed by atoms with E-state index in [-0.39, 0.29) is 17.7 Å². The van der Waals surface area contributed by atoms with Crippen LogP contribution in [0.5, 0.6) is 0 Å². The number of benzene rings is 1. The number of carbonyl (C=O) groups is 1. The van der Waals surface area contributed by atoms with Gasteiger partial charge in [-0.25, -0.2) is 4.79 Å². The Kier molecular flexibility index (Phi) is 3.79. The first-order valence-electron chi connectivity index (χ1n) is 7.26. The molecule has 1 atom stereocenters. The Morgan fingerprint density at radius 1 is 1.38 bits per heavy atom. The molecular weight excluding hydrogens is 270 g/mol. The summed E-state index contributed by atoms with van der Waals surface area (Å²) in [5.74, 6) is -0.596. The summed E-state index contributed by atoms with van der Waals surface area (Å²) in [6.07, 6.45) is 2.29. The van der Waals surface area contributed by atoms with E-state index >= 15 is 0 Å². The number of rotatable bonds is 4. The van der Waals surface area contributed by atoms with Crippen LogP contribution in [0, 0.1) is 0 Å². The molecule has 1 aromatic heterocycles. The van der Waals surface area contributed by atoms with Crippen LogP contribution in [0.15, 0.2) is 33.5 Å². The maximum Gasteiger partial charge on any atom is 0.420 e. The molecule has 6 nitrogen and oxygen atoms in total. The summed E-state index contributed by atoms with van der Waals surface area (Å²) in [7, 11) is 0. The predicted octanol–water partition coefficient (Wildman–Crippen LogP) is 1.11. The van der Waals surface area contributed by atoms with Crippen molar-refractivity contribution in [3.63, 3.8) is 0 Å². The van der Waals surface area contributed by atoms with E-state index in [0.29, 0.717) is 18.5 Å². The molecule has 2 aromatic rings. The first-order chi connectivity index (χ1) is 10.1. The number of aromatic nitrogens is 1. The number of oxazole rings is 1. The number of primary amides is 1. The molecule has 1 fully saturated rings. The number of hydrogen-bond donors (Lipinski definition) is 1. The summed E-state index contributed by atoms with van der Waals surface area (Å²) in [5, 5.41) is 0. The van der Waals surface area contributed by atoms with Gasteiger partial charge in [-0.15, -0.1) is 0 Å². The molecule has 0 saturated carbocycles. The molecule has 1 saturated heterocycles. The van der Waals surface area contributed by atoms with Gasteiger partial charge in [-0.1, -0.05) is 12.1 Å². The van der Waals surface area contributed by atoms with E-state index in [1.165, 1.54) is 0 Å². The van der Waals surface area contributed by atoms with Gasteiger partial charge in [-0.3, -0.25) is 9.36 Å². The van der Waals surface area contributed by atoms with Crippen LogP contribution in [0.25, 0.3) is 11.1 Å². The number of hydrogen-bond acceptors (Lipinski definition) is 4. The summed E-state index contributed by atoms with van der Waals surface area (Å²) in [4.78, 5) is 25.2. The molecule has 2 N–H and O–H groups in total. The first-order valence-corrected chi connectivity index (χ1v) is 7.26. The molecule has 0 unspecified atom stereocenters. The van der Waals surface area contributed by atoms with Crippen LogP contribution < -0.4 is 11.5 Å². The highest BCUT2D eigenvalue weighted by molar-refractivity contribution is 5.74. The van der Waals surface area contributed by atoms with Gasteiger partial charge in [0.05, 0.1) is 11.6 Å². The summed E-state index contributed by atoms with van der Waals surface area (Å²) >= 11 is 0. The van der Waals surface area contributed by atoms with Crippen molar-refractivity contribution < 1.29 is 9.21 Å². The standard InChI is InChI=1S/C15H19N3O3/c16-14(19)7-9-17-8-3-4-11(10-17)18-12-5-1-2-6-13(12)21-15(18)20/h1-2,5-6,11H,3-4,7-10H2,(H2,16,19)/t11-/m1/s1. The second kappa shape index (κ2) is 5.73. The van der Waals surface area contributed by atoms with Crippen LogP contribution in [0.4, 0.5) is 0 Å². The number of likely N-dealkylation sites (tertiary alicyclic amines) is 1. The quantitative estimate of drug-likeness (QED) is 0.914. The molecular formula is C15H19N3O3. The van der Waals surface area contributed by atoms with Crippen LogP contribution in [0.3, 0.4) is 0 Å². The van der Waals surface area contributed by atoms with Gasteiger partial charge >= 0.3 is 5.76 Å². The maximum atomic E-state index is 12.1. The average molecular weight is 289 g/mol. The Balaban J connectivity index is 1.83. The molecule has 21 heavy (non-hydrogen) atoms. The Morgan fingerprint density at radius 2 is 2.19 bits per heavy atom. The van der Waals surface area contributed by atoms with Gasteiger partial charge in [0.25, 0.3) is 0 Å². The SMILES string of the molecule is NC(=O)CCN1CCC[C@@H](n2c(=O)oc3ccccc32)C1. The third-order valence-electron chi connectivity index (χ3n) is 4.04. The van der Waals surface area contributed by atoms with Crippen LogP contribution in [0.2, 0.25) is 0 Å². The third kappa shape index (κ3) is 2.85. The van der Waals surface area contributed by atoms with E-state index in [1.807, 2.05) is 18.2 Å². The van der Waals surface area contributed by atoms with Crippen molar-refractivity contribution in [1.82, 2.24) is 9.47 Å². The fourth-order valence-electron chi connectivity index (χ4n) is 3.04. The zero-order chi connectivity index (χ0) is 14.8. The van der Waals surface area contributed by atoms with Gasteiger partial charge in [0.15, 0.2) is 5.58 Å². The predicted molar refractivity (Wildman–Crippen MR) is 79.0 cm³/mol. The molecule has 1 aliphatic heterocycles. The van der Waals surface area contributed by atoms with Gasteiger partial charge in [0, 0.05) is 19.5 Å². The van der Waals surface area contributed by atoms with Gasteiger partial charge in [0.2, 0.25) is 5.91 Å². The van der Waals surface area contributed by atoms with E-state index in [0.717, 1.165) is 31.4 Å². The molecule has 3 rings (SSSR count). The number of nitrogens with zero attached hydrogens (tertiary/aromatic N) is 2. The Morgan fingerprint density at radius 3 is 3.00 bits per heavy atom. The lowest BCUT2D eigenvalue weighted by atomic mass is 10.0. The smallest absolute Gasteiger partial charge is 0.408 e. The lowest BCUT2D eigenvalue weighted by molar-refractivity contribution is -0.118. The van der Waals surface area contributed by atoms with Crippen molar-refractivity contribution >= 4 is 17.0 Å². The van der Waals surface area contributed by atoms with E-state index in [9.17, 15) is 9.59 Å². The molecule has 1 aromatic carbocycles. The maximum absolute atomic E-state index is 12.1. The van der Waals surface area contributed by atoms with Crippen molar-refractivity contribution in [2.45, 2.75) is 25.3 Å².